The summed E-state index contributed by atoms with van der Waals surface area (Å²) in [5.74, 6) is 0. The molecule has 1 heterocycles. The second-order valence-corrected chi connectivity index (χ2v) is 7.35. The van der Waals surface area contributed by atoms with Gasteiger partial charge in [-0.1, -0.05) is 29.8 Å². The van der Waals surface area contributed by atoms with E-state index in [-0.39, 0.29) is 0 Å². The summed E-state index contributed by atoms with van der Waals surface area (Å²) in [6, 6.07) is 22.6. The van der Waals surface area contributed by atoms with Crippen LogP contribution in [0.15, 0.2) is 60.7 Å². The summed E-state index contributed by atoms with van der Waals surface area (Å²) in [7, 11) is 4.16. The van der Waals surface area contributed by atoms with Crippen LogP contribution in [0, 0.1) is 6.92 Å². The van der Waals surface area contributed by atoms with Crippen molar-refractivity contribution in [1.82, 2.24) is 4.57 Å². The number of nitrogens with zero attached hydrogens (tertiary/aromatic N) is 2. The number of benzene rings is 3. The van der Waals surface area contributed by atoms with E-state index in [2.05, 4.69) is 98.1 Å². The molecule has 4 rings (SSSR count). The minimum absolute atomic E-state index is 0.967. The zero-order valence-electron chi connectivity index (χ0n) is 16.1. The standard InChI is InChI=1S/C24H26N2/c1-5-26-23-12-6-17(2)14-21(23)22-16-19(9-13-24(22)26)15-18-7-10-20(11-8-18)25(3)4/h6-14,16H,5,15H2,1-4H3. The van der Waals surface area contributed by atoms with Crippen LogP contribution >= 0.6 is 0 Å². The lowest BCUT2D eigenvalue weighted by atomic mass is 10.0. The second kappa shape index (κ2) is 6.53. The maximum atomic E-state index is 2.42. The van der Waals surface area contributed by atoms with Crippen LogP contribution in [0.2, 0.25) is 0 Å². The van der Waals surface area contributed by atoms with E-state index < -0.39 is 0 Å². The molecule has 0 atom stereocenters. The van der Waals surface area contributed by atoms with Crippen LogP contribution in [0.1, 0.15) is 23.6 Å². The summed E-state index contributed by atoms with van der Waals surface area (Å²) in [5, 5.41) is 2.74. The number of rotatable bonds is 4. The summed E-state index contributed by atoms with van der Waals surface area (Å²) < 4.78 is 2.42. The van der Waals surface area contributed by atoms with Gasteiger partial charge in [0.25, 0.3) is 0 Å². The van der Waals surface area contributed by atoms with Gasteiger partial charge in [-0.2, -0.15) is 0 Å². The fourth-order valence-corrected chi connectivity index (χ4v) is 3.86. The summed E-state index contributed by atoms with van der Waals surface area (Å²) in [6.07, 6.45) is 0.967. The number of anilines is 1. The van der Waals surface area contributed by atoms with Crippen molar-refractivity contribution in [3.8, 4) is 0 Å². The van der Waals surface area contributed by atoms with Gasteiger partial charge in [0.2, 0.25) is 0 Å². The first kappa shape index (κ1) is 16.7. The molecule has 0 aliphatic carbocycles. The van der Waals surface area contributed by atoms with Crippen molar-refractivity contribution >= 4 is 27.5 Å². The van der Waals surface area contributed by atoms with E-state index in [4.69, 9.17) is 0 Å². The first-order chi connectivity index (χ1) is 12.6. The Morgan fingerprint density at radius 2 is 1.38 bits per heavy atom. The van der Waals surface area contributed by atoms with Crippen LogP contribution in [0.25, 0.3) is 21.8 Å². The Bertz CT molecular complexity index is 1070. The fourth-order valence-electron chi connectivity index (χ4n) is 3.86. The molecule has 0 unspecified atom stereocenters. The van der Waals surface area contributed by atoms with Crippen LogP contribution in [-0.4, -0.2) is 18.7 Å². The lowest BCUT2D eigenvalue weighted by Crippen LogP contribution is -2.08. The van der Waals surface area contributed by atoms with Crippen molar-refractivity contribution in [3.05, 3.63) is 77.4 Å². The molecular formula is C24H26N2. The molecule has 0 radical (unpaired) electrons. The maximum absolute atomic E-state index is 2.42. The first-order valence-corrected chi connectivity index (χ1v) is 9.34. The molecule has 4 aromatic rings. The summed E-state index contributed by atoms with van der Waals surface area (Å²) in [4.78, 5) is 2.14. The highest BCUT2D eigenvalue weighted by molar-refractivity contribution is 6.08. The largest absolute Gasteiger partial charge is 0.378 e. The SMILES string of the molecule is CCn1c2ccc(C)cc2c2cc(Cc3ccc(N(C)C)cc3)ccc21. The number of aryl methyl sites for hydroxylation is 2. The van der Waals surface area contributed by atoms with Crippen molar-refractivity contribution < 1.29 is 0 Å². The van der Waals surface area contributed by atoms with E-state index in [1.165, 1.54) is 44.2 Å². The van der Waals surface area contributed by atoms with Gasteiger partial charge in [0.1, 0.15) is 0 Å². The van der Waals surface area contributed by atoms with Crippen molar-refractivity contribution in [2.24, 2.45) is 0 Å². The van der Waals surface area contributed by atoms with Crippen molar-refractivity contribution in [1.29, 1.82) is 0 Å². The van der Waals surface area contributed by atoms with E-state index in [0.29, 0.717) is 0 Å². The molecule has 26 heavy (non-hydrogen) atoms. The van der Waals surface area contributed by atoms with Gasteiger partial charge in [0.05, 0.1) is 0 Å². The predicted molar refractivity (Wildman–Crippen MR) is 113 cm³/mol. The lowest BCUT2D eigenvalue weighted by molar-refractivity contribution is 0.827. The molecule has 3 aromatic carbocycles. The van der Waals surface area contributed by atoms with Crippen molar-refractivity contribution in [2.45, 2.75) is 26.8 Å². The number of fused-ring (bicyclic) bond motifs is 3. The Morgan fingerprint density at radius 1 is 0.769 bits per heavy atom. The zero-order valence-corrected chi connectivity index (χ0v) is 16.1. The summed E-state index contributed by atoms with van der Waals surface area (Å²) >= 11 is 0. The van der Waals surface area contributed by atoms with Crippen molar-refractivity contribution in [2.75, 3.05) is 19.0 Å². The minimum Gasteiger partial charge on any atom is -0.378 e. The van der Waals surface area contributed by atoms with Gasteiger partial charge in [0, 0.05) is 48.1 Å². The summed E-state index contributed by atoms with van der Waals surface area (Å²) in [6.45, 7) is 5.39. The van der Waals surface area contributed by atoms with Gasteiger partial charge in [-0.25, -0.2) is 0 Å². The van der Waals surface area contributed by atoms with Gasteiger partial charge >= 0.3 is 0 Å². The monoisotopic (exact) mass is 342 g/mol. The lowest BCUT2D eigenvalue weighted by Gasteiger charge is -2.12. The number of hydrogen-bond acceptors (Lipinski definition) is 1. The second-order valence-electron chi connectivity index (χ2n) is 7.35. The predicted octanol–water partition coefficient (Wildman–Crippen LogP) is 5.78. The molecule has 0 aliphatic heterocycles. The van der Waals surface area contributed by atoms with Crippen molar-refractivity contribution in [3.63, 3.8) is 0 Å². The molecule has 0 amide bonds. The molecule has 0 saturated carbocycles. The van der Waals surface area contributed by atoms with E-state index in [1.807, 2.05) is 0 Å². The molecule has 2 heteroatoms. The zero-order chi connectivity index (χ0) is 18.3. The van der Waals surface area contributed by atoms with Gasteiger partial charge < -0.3 is 9.47 Å². The maximum Gasteiger partial charge on any atom is 0.0491 e. The van der Waals surface area contributed by atoms with Crippen LogP contribution in [0.5, 0.6) is 0 Å². The van der Waals surface area contributed by atoms with Crippen LogP contribution in [0.3, 0.4) is 0 Å². The highest BCUT2D eigenvalue weighted by Crippen LogP contribution is 2.31. The van der Waals surface area contributed by atoms with Gasteiger partial charge in [-0.05, 0) is 67.8 Å². The highest BCUT2D eigenvalue weighted by atomic mass is 15.1. The number of aromatic nitrogens is 1. The third kappa shape index (κ3) is 2.86. The molecule has 0 spiro atoms. The molecular weight excluding hydrogens is 316 g/mol. The van der Waals surface area contributed by atoms with Gasteiger partial charge in [-0.3, -0.25) is 0 Å². The summed E-state index contributed by atoms with van der Waals surface area (Å²) in [5.41, 5.74) is 7.94. The van der Waals surface area contributed by atoms with E-state index in [0.717, 1.165) is 13.0 Å². The quantitative estimate of drug-likeness (QED) is 0.456. The topological polar surface area (TPSA) is 8.17 Å². The van der Waals surface area contributed by atoms with Gasteiger partial charge in [-0.15, -0.1) is 0 Å². The Kier molecular flexibility index (Phi) is 4.20. The smallest absolute Gasteiger partial charge is 0.0491 e. The third-order valence-corrected chi connectivity index (χ3v) is 5.26. The molecule has 0 N–H and O–H groups in total. The highest BCUT2D eigenvalue weighted by Gasteiger charge is 2.10. The van der Waals surface area contributed by atoms with E-state index >= 15 is 0 Å². The Morgan fingerprint density at radius 3 is 2.04 bits per heavy atom. The van der Waals surface area contributed by atoms with E-state index in [1.54, 1.807) is 0 Å². The molecule has 132 valence electrons. The number of hydrogen-bond donors (Lipinski definition) is 0. The average Bonchev–Trinajstić information content (AvgIpc) is 2.94. The Balaban J connectivity index is 1.77. The molecule has 0 fully saturated rings. The van der Waals surface area contributed by atoms with Crippen LogP contribution in [0.4, 0.5) is 5.69 Å². The third-order valence-electron chi connectivity index (χ3n) is 5.26. The van der Waals surface area contributed by atoms with Gasteiger partial charge in [0.15, 0.2) is 0 Å². The minimum atomic E-state index is 0.967. The molecule has 1 aromatic heterocycles. The average molecular weight is 342 g/mol. The normalized spacial score (nSPS) is 11.4. The first-order valence-electron chi connectivity index (χ1n) is 9.34. The van der Waals surface area contributed by atoms with E-state index in [9.17, 15) is 0 Å². The molecule has 2 nitrogen and oxygen atoms in total. The fraction of sp³-hybridized carbons (Fsp3) is 0.250. The molecule has 0 aliphatic rings. The Hall–Kier alpha value is -2.74. The van der Waals surface area contributed by atoms with Crippen LogP contribution in [-0.2, 0) is 13.0 Å². The molecule has 0 bridgehead atoms. The molecule has 0 saturated heterocycles. The Labute approximate surface area is 155 Å². The van der Waals surface area contributed by atoms with Crippen LogP contribution < -0.4 is 4.90 Å².